The number of anilines is 1. The molecule has 27 heavy (non-hydrogen) atoms. The van der Waals surface area contributed by atoms with Crippen LogP contribution in [0.4, 0.5) is 23.7 Å². The molecule has 1 aliphatic heterocycles. The Morgan fingerprint density at radius 1 is 1.37 bits per heavy atom. The fourth-order valence-electron chi connectivity index (χ4n) is 2.84. The molecule has 3 heterocycles. The summed E-state index contributed by atoms with van der Waals surface area (Å²) in [6.45, 7) is 3.07. The molecule has 1 aliphatic rings. The van der Waals surface area contributed by atoms with Crippen molar-refractivity contribution in [2.45, 2.75) is 32.6 Å². The zero-order chi connectivity index (χ0) is 19.6. The van der Waals surface area contributed by atoms with Crippen LogP contribution in [0.2, 0.25) is 0 Å². The number of aromatic nitrogens is 4. The fourth-order valence-corrected chi connectivity index (χ4v) is 2.84. The van der Waals surface area contributed by atoms with Gasteiger partial charge in [-0.25, -0.2) is 14.5 Å². The molecule has 2 amide bonds. The fraction of sp³-hybridized carbons (Fsp3) is 0.500. The Morgan fingerprint density at radius 2 is 2.15 bits per heavy atom. The highest BCUT2D eigenvalue weighted by molar-refractivity contribution is 5.91. The van der Waals surface area contributed by atoms with Crippen molar-refractivity contribution in [1.29, 1.82) is 0 Å². The largest absolute Gasteiger partial charge is 0.408 e. The highest BCUT2D eigenvalue weighted by atomic mass is 19.4. The maximum atomic E-state index is 12.8. The normalized spacial score (nSPS) is 17.8. The number of amides is 2. The summed E-state index contributed by atoms with van der Waals surface area (Å²) in [6.07, 6.45) is -1.75. The molecule has 1 saturated heterocycles. The van der Waals surface area contributed by atoms with Crippen molar-refractivity contribution in [3.05, 3.63) is 35.7 Å². The summed E-state index contributed by atoms with van der Waals surface area (Å²) >= 11 is 0. The summed E-state index contributed by atoms with van der Waals surface area (Å²) in [5.74, 6) is 0.105. The van der Waals surface area contributed by atoms with Gasteiger partial charge < -0.3 is 15.0 Å². The average molecular weight is 384 g/mol. The first-order valence-electron chi connectivity index (χ1n) is 8.28. The number of carbonyl (C=O) groups is 1. The number of hydrogen-bond acceptors (Lipinski definition) is 5. The standard InChI is InChI=1S/C16H19F3N6O2/c1-10-3-4-20-11(2)13(10)22-15(26)25-5-6-27-7-12(25)14-21-9-24(23-14)8-16(17,18)19/h3-4,9,12H,5-8H2,1-2H3,(H,22,26). The smallest absolute Gasteiger partial charge is 0.377 e. The molecule has 1 atom stereocenters. The van der Waals surface area contributed by atoms with Gasteiger partial charge in [0.15, 0.2) is 5.82 Å². The first-order valence-corrected chi connectivity index (χ1v) is 8.28. The Kier molecular flexibility index (Phi) is 5.31. The molecule has 1 fully saturated rings. The zero-order valence-corrected chi connectivity index (χ0v) is 14.8. The number of urea groups is 1. The predicted molar refractivity (Wildman–Crippen MR) is 89.1 cm³/mol. The second kappa shape index (κ2) is 7.51. The molecule has 146 valence electrons. The van der Waals surface area contributed by atoms with E-state index in [9.17, 15) is 18.0 Å². The van der Waals surface area contributed by atoms with E-state index in [1.54, 1.807) is 19.2 Å². The number of pyridine rings is 1. The lowest BCUT2D eigenvalue weighted by Crippen LogP contribution is -2.46. The Hall–Kier alpha value is -2.69. The van der Waals surface area contributed by atoms with Gasteiger partial charge in [0, 0.05) is 12.7 Å². The minimum absolute atomic E-state index is 0.105. The lowest BCUT2D eigenvalue weighted by Gasteiger charge is -2.34. The van der Waals surface area contributed by atoms with Crippen molar-refractivity contribution in [2.24, 2.45) is 0 Å². The van der Waals surface area contributed by atoms with Crippen LogP contribution >= 0.6 is 0 Å². The molecule has 1 unspecified atom stereocenters. The van der Waals surface area contributed by atoms with E-state index in [-0.39, 0.29) is 19.0 Å². The number of hydrogen-bond donors (Lipinski definition) is 1. The van der Waals surface area contributed by atoms with Gasteiger partial charge in [0.1, 0.15) is 18.9 Å². The Balaban J connectivity index is 1.78. The summed E-state index contributed by atoms with van der Waals surface area (Å²) in [5.41, 5.74) is 2.12. The third-order valence-corrected chi connectivity index (χ3v) is 4.16. The van der Waals surface area contributed by atoms with E-state index in [0.29, 0.717) is 22.7 Å². The maximum absolute atomic E-state index is 12.8. The van der Waals surface area contributed by atoms with Crippen LogP contribution < -0.4 is 5.32 Å². The van der Waals surface area contributed by atoms with Crippen LogP contribution in [0.1, 0.15) is 23.1 Å². The van der Waals surface area contributed by atoms with Crippen molar-refractivity contribution < 1.29 is 22.7 Å². The first-order chi connectivity index (χ1) is 12.7. The molecule has 3 rings (SSSR count). The van der Waals surface area contributed by atoms with Gasteiger partial charge in [-0.15, -0.1) is 0 Å². The van der Waals surface area contributed by atoms with E-state index in [1.165, 1.54) is 4.90 Å². The first kappa shape index (κ1) is 19.1. The highest BCUT2D eigenvalue weighted by Crippen LogP contribution is 2.25. The van der Waals surface area contributed by atoms with Crippen molar-refractivity contribution in [3.63, 3.8) is 0 Å². The number of nitrogens with one attached hydrogen (secondary N) is 1. The highest BCUT2D eigenvalue weighted by Gasteiger charge is 2.33. The lowest BCUT2D eigenvalue weighted by atomic mass is 10.2. The third kappa shape index (κ3) is 4.54. The van der Waals surface area contributed by atoms with Crippen molar-refractivity contribution >= 4 is 11.7 Å². The van der Waals surface area contributed by atoms with Crippen LogP contribution in [-0.4, -0.2) is 56.6 Å². The summed E-state index contributed by atoms with van der Waals surface area (Å²) in [7, 11) is 0. The van der Waals surface area contributed by atoms with Crippen LogP contribution in [0.5, 0.6) is 0 Å². The van der Waals surface area contributed by atoms with Gasteiger partial charge in [0.2, 0.25) is 0 Å². The molecular formula is C16H19F3N6O2. The van der Waals surface area contributed by atoms with Gasteiger partial charge in [-0.1, -0.05) is 0 Å². The van der Waals surface area contributed by atoms with Gasteiger partial charge in [-0.05, 0) is 25.5 Å². The molecule has 1 N–H and O–H groups in total. The monoisotopic (exact) mass is 384 g/mol. The van der Waals surface area contributed by atoms with Crippen LogP contribution in [0, 0.1) is 13.8 Å². The number of carbonyl (C=O) groups excluding carboxylic acids is 1. The number of halogens is 3. The Morgan fingerprint density at radius 3 is 2.85 bits per heavy atom. The Labute approximate surface area is 153 Å². The van der Waals surface area contributed by atoms with E-state index in [1.807, 2.05) is 6.92 Å². The van der Waals surface area contributed by atoms with E-state index in [0.717, 1.165) is 11.9 Å². The van der Waals surface area contributed by atoms with Crippen molar-refractivity contribution in [2.75, 3.05) is 25.1 Å². The predicted octanol–water partition coefficient (Wildman–Crippen LogP) is 2.46. The van der Waals surface area contributed by atoms with E-state index >= 15 is 0 Å². The molecule has 2 aromatic heterocycles. The van der Waals surface area contributed by atoms with E-state index in [2.05, 4.69) is 20.4 Å². The van der Waals surface area contributed by atoms with Crippen molar-refractivity contribution in [1.82, 2.24) is 24.6 Å². The minimum atomic E-state index is -4.40. The molecule has 11 heteroatoms. The summed E-state index contributed by atoms with van der Waals surface area (Å²) < 4.78 is 43.6. The second-order valence-electron chi connectivity index (χ2n) is 6.22. The molecule has 0 aliphatic carbocycles. The van der Waals surface area contributed by atoms with Gasteiger partial charge in [-0.2, -0.15) is 18.3 Å². The molecule has 8 nitrogen and oxygen atoms in total. The van der Waals surface area contributed by atoms with Crippen molar-refractivity contribution in [3.8, 4) is 0 Å². The number of rotatable bonds is 3. The topological polar surface area (TPSA) is 85.2 Å². The number of morpholine rings is 1. The maximum Gasteiger partial charge on any atom is 0.408 e. The SMILES string of the molecule is Cc1ccnc(C)c1NC(=O)N1CCOCC1c1ncn(CC(F)(F)F)n1. The molecule has 2 aromatic rings. The summed E-state index contributed by atoms with van der Waals surface area (Å²) in [4.78, 5) is 22.3. The molecule has 0 radical (unpaired) electrons. The minimum Gasteiger partial charge on any atom is -0.377 e. The van der Waals surface area contributed by atoms with Gasteiger partial charge in [0.25, 0.3) is 0 Å². The van der Waals surface area contributed by atoms with Crippen LogP contribution in [0.15, 0.2) is 18.6 Å². The average Bonchev–Trinajstić information content (AvgIpc) is 3.04. The summed E-state index contributed by atoms with van der Waals surface area (Å²) in [6, 6.07) is 0.694. The van der Waals surface area contributed by atoms with Gasteiger partial charge in [0.05, 0.1) is 24.6 Å². The van der Waals surface area contributed by atoms with Crippen LogP contribution in [0.25, 0.3) is 0 Å². The number of alkyl halides is 3. The number of nitrogens with zero attached hydrogens (tertiary/aromatic N) is 5. The van der Waals surface area contributed by atoms with Crippen LogP contribution in [0.3, 0.4) is 0 Å². The molecule has 0 saturated carbocycles. The molecule has 0 bridgehead atoms. The lowest BCUT2D eigenvalue weighted by molar-refractivity contribution is -0.142. The second-order valence-corrected chi connectivity index (χ2v) is 6.22. The molecule has 0 aromatic carbocycles. The van der Waals surface area contributed by atoms with Gasteiger partial charge >= 0.3 is 12.2 Å². The quantitative estimate of drug-likeness (QED) is 0.879. The van der Waals surface area contributed by atoms with E-state index in [4.69, 9.17) is 4.74 Å². The third-order valence-electron chi connectivity index (χ3n) is 4.16. The number of aryl methyl sites for hydroxylation is 2. The number of ether oxygens (including phenoxy) is 1. The van der Waals surface area contributed by atoms with Crippen LogP contribution in [-0.2, 0) is 11.3 Å². The zero-order valence-electron chi connectivity index (χ0n) is 14.8. The Bertz CT molecular complexity index is 802. The molecular weight excluding hydrogens is 365 g/mol. The van der Waals surface area contributed by atoms with Gasteiger partial charge in [-0.3, -0.25) is 4.98 Å². The van der Waals surface area contributed by atoms with E-state index < -0.39 is 24.8 Å². The summed E-state index contributed by atoms with van der Waals surface area (Å²) in [5, 5.41) is 6.69. The molecule has 0 spiro atoms.